The molecule has 0 saturated carbocycles. The van der Waals surface area contributed by atoms with Crippen LogP contribution in [0.25, 0.3) is 0 Å². The Bertz CT molecular complexity index is 470. The maximum Gasteiger partial charge on any atom is 0.0600 e. The maximum atomic E-state index is 9.59. The first-order valence-corrected chi connectivity index (χ1v) is 7.60. The summed E-state index contributed by atoms with van der Waals surface area (Å²) in [5.74, 6) is 0. The van der Waals surface area contributed by atoms with Gasteiger partial charge in [0.2, 0.25) is 0 Å². The van der Waals surface area contributed by atoms with Crippen LogP contribution in [0.5, 0.6) is 0 Å². The highest BCUT2D eigenvalue weighted by molar-refractivity contribution is 5.15. The van der Waals surface area contributed by atoms with Gasteiger partial charge in [-0.3, -0.25) is 0 Å². The van der Waals surface area contributed by atoms with Crippen LogP contribution >= 0.6 is 0 Å². The first-order valence-electron chi connectivity index (χ1n) is 7.60. The van der Waals surface area contributed by atoms with Gasteiger partial charge in [0, 0.05) is 25.2 Å². The van der Waals surface area contributed by atoms with Crippen molar-refractivity contribution < 1.29 is 10.2 Å². The summed E-state index contributed by atoms with van der Waals surface area (Å²) >= 11 is 0. The van der Waals surface area contributed by atoms with Gasteiger partial charge in [-0.1, -0.05) is 60.7 Å². The van der Waals surface area contributed by atoms with E-state index in [1.54, 1.807) is 0 Å². The smallest absolute Gasteiger partial charge is 0.0600 e. The number of aliphatic hydroxyl groups is 2. The zero-order valence-electron chi connectivity index (χ0n) is 12.7. The summed E-state index contributed by atoms with van der Waals surface area (Å²) < 4.78 is 0. The predicted octanol–water partition coefficient (Wildman–Crippen LogP) is 1.29. The summed E-state index contributed by atoms with van der Waals surface area (Å²) in [6.45, 7) is 1.27. The van der Waals surface area contributed by atoms with E-state index in [-0.39, 0.29) is 25.3 Å². The van der Waals surface area contributed by atoms with E-state index in [0.717, 1.165) is 11.1 Å². The van der Waals surface area contributed by atoms with E-state index in [1.165, 1.54) is 0 Å². The maximum absolute atomic E-state index is 9.59. The summed E-state index contributed by atoms with van der Waals surface area (Å²) in [5.41, 5.74) is 2.31. The normalized spacial score (nSPS) is 13.7. The Morgan fingerprint density at radius 3 is 1.32 bits per heavy atom. The van der Waals surface area contributed by atoms with E-state index in [2.05, 4.69) is 10.6 Å². The summed E-state index contributed by atoms with van der Waals surface area (Å²) in [5, 5.41) is 25.8. The fraction of sp³-hybridized carbons (Fsp3) is 0.333. The lowest BCUT2D eigenvalue weighted by Crippen LogP contribution is -2.51. The number of aliphatic hydroxyl groups excluding tert-OH is 2. The van der Waals surface area contributed by atoms with E-state index in [4.69, 9.17) is 0 Å². The van der Waals surface area contributed by atoms with Crippen LogP contribution < -0.4 is 10.6 Å². The van der Waals surface area contributed by atoms with Gasteiger partial charge < -0.3 is 20.8 Å². The van der Waals surface area contributed by atoms with Crippen LogP contribution in [0.1, 0.15) is 11.1 Å². The first kappa shape index (κ1) is 16.6. The molecule has 0 unspecified atom stereocenters. The molecule has 4 nitrogen and oxygen atoms in total. The van der Waals surface area contributed by atoms with Crippen LogP contribution in [0.15, 0.2) is 60.7 Å². The third kappa shape index (κ3) is 5.24. The molecule has 2 aromatic rings. The molecule has 4 heteroatoms. The number of rotatable bonds is 9. The lowest BCUT2D eigenvalue weighted by atomic mass is 10.1. The molecule has 2 rings (SSSR count). The second-order valence-corrected chi connectivity index (χ2v) is 5.31. The van der Waals surface area contributed by atoms with Crippen LogP contribution in [0.3, 0.4) is 0 Å². The Labute approximate surface area is 131 Å². The second kappa shape index (κ2) is 9.33. The molecule has 22 heavy (non-hydrogen) atoms. The molecule has 0 radical (unpaired) electrons. The lowest BCUT2D eigenvalue weighted by Gasteiger charge is -2.26. The quantitative estimate of drug-likeness (QED) is 0.563. The molecule has 0 spiro atoms. The largest absolute Gasteiger partial charge is 0.395 e. The number of hydrogen-bond acceptors (Lipinski definition) is 4. The van der Waals surface area contributed by atoms with E-state index in [9.17, 15) is 10.2 Å². The van der Waals surface area contributed by atoms with Crippen molar-refractivity contribution in [2.24, 2.45) is 0 Å². The Kier molecular flexibility index (Phi) is 7.06. The average Bonchev–Trinajstić information content (AvgIpc) is 2.59. The molecule has 2 atom stereocenters. The molecule has 118 valence electrons. The van der Waals surface area contributed by atoms with Crippen molar-refractivity contribution in [2.45, 2.75) is 25.2 Å². The van der Waals surface area contributed by atoms with Gasteiger partial charge in [-0.05, 0) is 11.1 Å². The Morgan fingerprint density at radius 2 is 1.00 bits per heavy atom. The van der Waals surface area contributed by atoms with Crippen LogP contribution in [0.4, 0.5) is 0 Å². The van der Waals surface area contributed by atoms with Gasteiger partial charge in [-0.2, -0.15) is 0 Å². The number of hydrogen-bond donors (Lipinski definition) is 4. The fourth-order valence-electron chi connectivity index (χ4n) is 2.36. The van der Waals surface area contributed by atoms with Crippen LogP contribution in [-0.4, -0.2) is 35.5 Å². The summed E-state index contributed by atoms with van der Waals surface area (Å²) in [7, 11) is 0. The second-order valence-electron chi connectivity index (χ2n) is 5.31. The molecule has 2 aromatic carbocycles. The van der Waals surface area contributed by atoms with Crippen LogP contribution in [0, 0.1) is 0 Å². The molecule has 0 aromatic heterocycles. The Morgan fingerprint density at radius 1 is 0.636 bits per heavy atom. The standard InChI is InChI=1S/C18H24N2O2/c21-13-17(19-11-15-7-3-1-4-8-15)18(14-22)20-12-16-9-5-2-6-10-16/h1-10,17-22H,11-14H2/t17-,18-/m1/s1. The summed E-state index contributed by atoms with van der Waals surface area (Å²) in [6, 6.07) is 19.6. The molecule has 0 bridgehead atoms. The minimum atomic E-state index is -0.200. The Hall–Kier alpha value is -1.72. The molecular weight excluding hydrogens is 276 g/mol. The van der Waals surface area contributed by atoms with Gasteiger partial charge in [-0.25, -0.2) is 0 Å². The average molecular weight is 300 g/mol. The van der Waals surface area contributed by atoms with E-state index in [0.29, 0.717) is 13.1 Å². The van der Waals surface area contributed by atoms with Crippen LogP contribution in [-0.2, 0) is 13.1 Å². The minimum absolute atomic E-state index is 0.0279. The Balaban J connectivity index is 1.86. The molecular formula is C18H24N2O2. The highest BCUT2D eigenvalue weighted by atomic mass is 16.3. The van der Waals surface area contributed by atoms with E-state index >= 15 is 0 Å². The van der Waals surface area contributed by atoms with Gasteiger partial charge in [0.15, 0.2) is 0 Å². The molecule has 0 heterocycles. The van der Waals surface area contributed by atoms with E-state index < -0.39 is 0 Å². The van der Waals surface area contributed by atoms with Crippen molar-refractivity contribution >= 4 is 0 Å². The molecule has 0 aliphatic heterocycles. The minimum Gasteiger partial charge on any atom is -0.395 e. The van der Waals surface area contributed by atoms with Crippen molar-refractivity contribution in [1.82, 2.24) is 10.6 Å². The van der Waals surface area contributed by atoms with Crippen molar-refractivity contribution in [3.8, 4) is 0 Å². The zero-order chi connectivity index (χ0) is 15.6. The zero-order valence-corrected chi connectivity index (χ0v) is 12.7. The van der Waals surface area contributed by atoms with Crippen LogP contribution in [0.2, 0.25) is 0 Å². The third-order valence-corrected chi connectivity index (χ3v) is 3.70. The lowest BCUT2D eigenvalue weighted by molar-refractivity contribution is 0.158. The number of benzene rings is 2. The first-order chi connectivity index (χ1) is 10.8. The molecule has 0 saturated heterocycles. The fourth-order valence-corrected chi connectivity index (χ4v) is 2.36. The summed E-state index contributed by atoms with van der Waals surface area (Å²) in [4.78, 5) is 0. The highest BCUT2D eigenvalue weighted by Crippen LogP contribution is 2.03. The molecule has 0 aliphatic rings. The van der Waals surface area contributed by atoms with Gasteiger partial charge >= 0.3 is 0 Å². The van der Waals surface area contributed by atoms with Gasteiger partial charge in [0.25, 0.3) is 0 Å². The van der Waals surface area contributed by atoms with Gasteiger partial charge in [0.1, 0.15) is 0 Å². The van der Waals surface area contributed by atoms with Crippen molar-refractivity contribution in [2.75, 3.05) is 13.2 Å². The molecule has 4 N–H and O–H groups in total. The third-order valence-electron chi connectivity index (χ3n) is 3.70. The monoisotopic (exact) mass is 300 g/mol. The molecule has 0 aliphatic carbocycles. The van der Waals surface area contributed by atoms with Crippen molar-refractivity contribution in [1.29, 1.82) is 0 Å². The number of nitrogens with one attached hydrogen (secondary N) is 2. The highest BCUT2D eigenvalue weighted by Gasteiger charge is 2.19. The van der Waals surface area contributed by atoms with E-state index in [1.807, 2.05) is 60.7 Å². The van der Waals surface area contributed by atoms with Gasteiger partial charge in [-0.15, -0.1) is 0 Å². The van der Waals surface area contributed by atoms with Gasteiger partial charge in [0.05, 0.1) is 13.2 Å². The SMILES string of the molecule is OC[C@@H](NCc1ccccc1)[C@@H](CO)NCc1ccccc1. The molecule has 0 fully saturated rings. The van der Waals surface area contributed by atoms with Crippen molar-refractivity contribution in [3.05, 3.63) is 71.8 Å². The molecule has 0 amide bonds. The topological polar surface area (TPSA) is 64.5 Å². The van der Waals surface area contributed by atoms with Crippen molar-refractivity contribution in [3.63, 3.8) is 0 Å². The predicted molar refractivity (Wildman–Crippen MR) is 88.3 cm³/mol. The summed E-state index contributed by atoms with van der Waals surface area (Å²) in [6.07, 6.45) is 0.